The van der Waals surface area contributed by atoms with Crippen LogP contribution in [0.1, 0.15) is 37.7 Å². The molecule has 10 heteroatoms. The van der Waals surface area contributed by atoms with E-state index in [-0.39, 0.29) is 9.80 Å². The van der Waals surface area contributed by atoms with Crippen molar-refractivity contribution in [1.82, 2.24) is 15.0 Å². The van der Waals surface area contributed by atoms with Gasteiger partial charge in [-0.1, -0.05) is 11.8 Å². The van der Waals surface area contributed by atoms with E-state index < -0.39 is 26.7 Å². The second kappa shape index (κ2) is 8.51. The number of aromatic nitrogens is 1. The summed E-state index contributed by atoms with van der Waals surface area (Å²) in [5.74, 6) is 5.91. The van der Waals surface area contributed by atoms with Crippen molar-refractivity contribution in [2.45, 2.75) is 31.2 Å². The molecule has 3 heterocycles. The van der Waals surface area contributed by atoms with Crippen molar-refractivity contribution in [1.29, 1.82) is 0 Å². The number of hydrogen-bond donors (Lipinski definition) is 2. The van der Waals surface area contributed by atoms with E-state index in [4.69, 9.17) is 4.42 Å². The van der Waals surface area contributed by atoms with Crippen LogP contribution in [0.15, 0.2) is 56.9 Å². The highest BCUT2D eigenvalue weighted by Gasteiger charge is 2.25. The first-order valence-corrected chi connectivity index (χ1v) is 12.1. The first-order chi connectivity index (χ1) is 15.5. The van der Waals surface area contributed by atoms with E-state index in [1.165, 1.54) is 18.2 Å². The maximum atomic E-state index is 12.4. The van der Waals surface area contributed by atoms with Crippen LogP contribution in [0.5, 0.6) is 0 Å². The summed E-state index contributed by atoms with van der Waals surface area (Å²) in [6.45, 7) is 5.32. The summed E-state index contributed by atoms with van der Waals surface area (Å²) in [5.41, 5.74) is 1.06. The van der Waals surface area contributed by atoms with Crippen LogP contribution in [0.4, 0.5) is 4.79 Å². The van der Waals surface area contributed by atoms with E-state index in [2.05, 4.69) is 26.9 Å². The highest BCUT2D eigenvalue weighted by molar-refractivity contribution is 8.18. The molecule has 3 aromatic rings. The molecule has 0 atom stereocenters. The molecule has 0 bridgehead atoms. The SMILES string of the molecule is CC(C)(C)NS(=O)(=O)c1ccc(C#Cc2cncc3cc(/C=C4/SC(=O)NC4=O)oc23)cc1. The molecule has 2 amide bonds. The number of nitrogens with zero attached hydrogens (tertiary/aromatic N) is 1. The Kier molecular flexibility index (Phi) is 5.88. The van der Waals surface area contributed by atoms with Crippen molar-refractivity contribution in [3.8, 4) is 11.8 Å². The number of furan rings is 1. The zero-order valence-electron chi connectivity index (χ0n) is 17.9. The summed E-state index contributed by atoms with van der Waals surface area (Å²) in [6, 6.07) is 7.96. The first kappa shape index (κ1) is 22.8. The number of amides is 2. The van der Waals surface area contributed by atoms with E-state index in [1.54, 1.807) is 51.4 Å². The third-order valence-corrected chi connectivity index (χ3v) is 6.89. The molecule has 33 heavy (non-hydrogen) atoms. The van der Waals surface area contributed by atoms with Crippen molar-refractivity contribution in [3.05, 3.63) is 64.5 Å². The van der Waals surface area contributed by atoms with Crippen molar-refractivity contribution in [2.24, 2.45) is 0 Å². The predicted octanol–water partition coefficient (Wildman–Crippen LogP) is 3.63. The average molecular weight is 482 g/mol. The Balaban J connectivity index is 1.60. The Morgan fingerprint density at radius 3 is 2.48 bits per heavy atom. The summed E-state index contributed by atoms with van der Waals surface area (Å²) in [4.78, 5) is 27.6. The molecule has 1 fully saturated rings. The molecule has 4 rings (SSSR count). The maximum absolute atomic E-state index is 12.4. The van der Waals surface area contributed by atoms with Gasteiger partial charge in [-0.25, -0.2) is 13.1 Å². The van der Waals surface area contributed by atoms with Gasteiger partial charge in [0.25, 0.3) is 11.1 Å². The number of pyridine rings is 1. The lowest BCUT2D eigenvalue weighted by atomic mass is 10.1. The van der Waals surface area contributed by atoms with E-state index in [0.29, 0.717) is 27.9 Å². The first-order valence-electron chi connectivity index (χ1n) is 9.79. The highest BCUT2D eigenvalue weighted by Crippen LogP contribution is 2.29. The minimum absolute atomic E-state index is 0.155. The molecule has 168 valence electrons. The summed E-state index contributed by atoms with van der Waals surface area (Å²) in [7, 11) is -3.63. The lowest BCUT2D eigenvalue weighted by Crippen LogP contribution is -2.40. The minimum atomic E-state index is -3.63. The van der Waals surface area contributed by atoms with E-state index in [0.717, 1.165) is 11.8 Å². The van der Waals surface area contributed by atoms with Crippen molar-refractivity contribution in [2.75, 3.05) is 0 Å². The molecule has 0 aliphatic carbocycles. The Hall–Kier alpha value is -3.39. The van der Waals surface area contributed by atoms with Gasteiger partial charge in [-0.05, 0) is 62.9 Å². The van der Waals surface area contributed by atoms with E-state index in [1.807, 2.05) is 0 Å². The second-order valence-electron chi connectivity index (χ2n) is 8.24. The molecule has 0 unspecified atom stereocenters. The third kappa shape index (κ3) is 5.34. The summed E-state index contributed by atoms with van der Waals surface area (Å²) in [5, 5.41) is 2.46. The zero-order valence-corrected chi connectivity index (χ0v) is 19.6. The monoisotopic (exact) mass is 481 g/mol. The van der Waals surface area contributed by atoms with Crippen LogP contribution in [0.2, 0.25) is 0 Å². The van der Waals surface area contributed by atoms with Crippen LogP contribution >= 0.6 is 11.8 Å². The summed E-state index contributed by atoms with van der Waals surface area (Å²) < 4.78 is 33.3. The highest BCUT2D eigenvalue weighted by atomic mass is 32.2. The van der Waals surface area contributed by atoms with Gasteiger partial charge in [0.05, 0.1) is 15.4 Å². The number of sulfonamides is 1. The maximum Gasteiger partial charge on any atom is 0.290 e. The van der Waals surface area contributed by atoms with Crippen LogP contribution < -0.4 is 10.0 Å². The molecular formula is C23H19N3O5S2. The molecule has 0 spiro atoms. The number of carbonyl (C=O) groups excluding carboxylic acids is 2. The quantitative estimate of drug-likeness (QED) is 0.433. The Morgan fingerprint density at radius 2 is 1.85 bits per heavy atom. The van der Waals surface area contributed by atoms with Gasteiger partial charge in [-0.3, -0.25) is 19.9 Å². The molecule has 1 saturated heterocycles. The fourth-order valence-electron chi connectivity index (χ4n) is 3.01. The van der Waals surface area contributed by atoms with E-state index in [9.17, 15) is 18.0 Å². The lowest BCUT2D eigenvalue weighted by molar-refractivity contribution is -0.115. The number of thioether (sulfide) groups is 1. The number of fused-ring (bicyclic) bond motifs is 1. The molecule has 1 aliphatic rings. The van der Waals surface area contributed by atoms with Gasteiger partial charge in [0.1, 0.15) is 5.76 Å². The third-order valence-electron chi connectivity index (χ3n) is 4.30. The number of imide groups is 1. The minimum Gasteiger partial charge on any atom is -0.455 e. The van der Waals surface area contributed by atoms with Crippen LogP contribution in [0.3, 0.4) is 0 Å². The molecule has 0 saturated carbocycles. The van der Waals surface area contributed by atoms with Crippen molar-refractivity contribution < 1.29 is 22.4 Å². The standard InChI is InChI=1S/C23H19N3O5S2/c1-23(2,3)26-33(29,30)18-8-5-14(6-9-18)4-7-15-12-24-13-16-10-17(31-20(15)16)11-19-21(27)25-22(28)32-19/h5-6,8-13,26H,1-3H3,(H,25,27,28)/b19-11+. The average Bonchev–Trinajstić information content (AvgIpc) is 3.27. The zero-order chi connectivity index (χ0) is 23.8. The number of carbonyl (C=O) groups is 2. The molecular weight excluding hydrogens is 462 g/mol. The van der Waals surface area contributed by atoms with E-state index >= 15 is 0 Å². The van der Waals surface area contributed by atoms with Gasteiger partial charge in [0.2, 0.25) is 10.0 Å². The fraction of sp³-hybridized carbons (Fsp3) is 0.174. The Morgan fingerprint density at radius 1 is 1.12 bits per heavy atom. The number of benzene rings is 1. The molecule has 8 nitrogen and oxygen atoms in total. The number of rotatable bonds is 3. The van der Waals surface area contributed by atoms with Crippen molar-refractivity contribution >= 4 is 50.0 Å². The number of nitrogens with one attached hydrogen (secondary N) is 2. The lowest BCUT2D eigenvalue weighted by Gasteiger charge is -2.20. The smallest absolute Gasteiger partial charge is 0.290 e. The molecule has 1 aliphatic heterocycles. The molecule has 2 N–H and O–H groups in total. The van der Waals surface area contributed by atoms with Gasteiger partial charge >= 0.3 is 0 Å². The van der Waals surface area contributed by atoms with Crippen molar-refractivity contribution in [3.63, 3.8) is 0 Å². The summed E-state index contributed by atoms with van der Waals surface area (Å²) in [6.07, 6.45) is 4.66. The van der Waals surface area contributed by atoms with Crippen LogP contribution in [0, 0.1) is 11.8 Å². The topological polar surface area (TPSA) is 118 Å². The largest absolute Gasteiger partial charge is 0.455 e. The van der Waals surface area contributed by atoms with Crippen LogP contribution in [0.25, 0.3) is 17.0 Å². The van der Waals surface area contributed by atoms with Crippen LogP contribution in [-0.2, 0) is 14.8 Å². The molecule has 1 aromatic carbocycles. The van der Waals surface area contributed by atoms with Crippen LogP contribution in [-0.4, -0.2) is 30.1 Å². The van der Waals surface area contributed by atoms with Gasteiger partial charge in [0.15, 0.2) is 5.58 Å². The number of hydrogen-bond acceptors (Lipinski definition) is 7. The predicted molar refractivity (Wildman–Crippen MR) is 126 cm³/mol. The fourth-order valence-corrected chi connectivity index (χ4v) is 5.09. The Bertz CT molecular complexity index is 1470. The van der Waals surface area contributed by atoms with Gasteiger partial charge < -0.3 is 4.42 Å². The van der Waals surface area contributed by atoms with Gasteiger partial charge in [-0.15, -0.1) is 0 Å². The van der Waals surface area contributed by atoms with Gasteiger partial charge in [-0.2, -0.15) is 0 Å². The second-order valence-corrected chi connectivity index (χ2v) is 10.9. The van der Waals surface area contributed by atoms with Gasteiger partial charge in [0, 0.05) is 35.0 Å². The Labute approximate surface area is 194 Å². The summed E-state index contributed by atoms with van der Waals surface area (Å²) >= 11 is 0.806. The molecule has 0 radical (unpaired) electrons. The normalized spacial score (nSPS) is 15.5. The molecule has 2 aromatic heterocycles.